The number of benzene rings is 2. The van der Waals surface area contributed by atoms with Crippen molar-refractivity contribution in [2.24, 2.45) is 0 Å². The summed E-state index contributed by atoms with van der Waals surface area (Å²) in [5.41, 5.74) is 4.44. The largest absolute Gasteiger partial charge is 0.300 e. The van der Waals surface area contributed by atoms with Gasteiger partial charge in [0.15, 0.2) is 0 Å². The predicted molar refractivity (Wildman–Crippen MR) is 127 cm³/mol. The van der Waals surface area contributed by atoms with Gasteiger partial charge in [-0.15, -0.1) is 11.6 Å². The number of hydrogen-bond donors (Lipinski definition) is 0. The number of alkyl halides is 1. The number of aryl methyl sites for hydroxylation is 1. The van der Waals surface area contributed by atoms with Gasteiger partial charge in [0.1, 0.15) is 0 Å². The maximum Gasteiger partial charge on any atom is 0.0336 e. The Morgan fingerprint density at radius 3 is 2.17 bits per heavy atom. The van der Waals surface area contributed by atoms with E-state index < -0.39 is 0 Å². The molecular weight excluding hydrogens is 374 g/mol. The molecule has 158 valence electrons. The van der Waals surface area contributed by atoms with Crippen molar-refractivity contribution in [2.45, 2.75) is 82.6 Å². The van der Waals surface area contributed by atoms with Crippen molar-refractivity contribution in [3.63, 3.8) is 0 Å². The van der Waals surface area contributed by atoms with Crippen LogP contribution >= 0.6 is 11.6 Å². The lowest BCUT2D eigenvalue weighted by molar-refractivity contribution is 0.202. The first-order valence-electron chi connectivity index (χ1n) is 11.7. The molecule has 2 heteroatoms. The Labute approximate surface area is 183 Å². The SMILES string of the molecule is CCCN(CCc1ccccc1)C(C)CCc1ccc(C2CCC(Cl)CC2)cc1. The first kappa shape index (κ1) is 22.4. The molecule has 1 nitrogen and oxygen atoms in total. The zero-order chi connectivity index (χ0) is 20.5. The van der Waals surface area contributed by atoms with Crippen molar-refractivity contribution in [1.82, 2.24) is 4.90 Å². The van der Waals surface area contributed by atoms with Gasteiger partial charge in [-0.2, -0.15) is 0 Å². The topological polar surface area (TPSA) is 3.24 Å². The Morgan fingerprint density at radius 2 is 1.52 bits per heavy atom. The smallest absolute Gasteiger partial charge is 0.0336 e. The highest BCUT2D eigenvalue weighted by Gasteiger charge is 2.20. The van der Waals surface area contributed by atoms with Crippen molar-refractivity contribution < 1.29 is 0 Å². The molecule has 0 N–H and O–H groups in total. The van der Waals surface area contributed by atoms with E-state index in [2.05, 4.69) is 73.3 Å². The number of halogens is 1. The molecule has 0 bridgehead atoms. The first-order chi connectivity index (χ1) is 14.2. The molecule has 1 aliphatic rings. The van der Waals surface area contributed by atoms with Crippen LogP contribution in [0.25, 0.3) is 0 Å². The van der Waals surface area contributed by atoms with Gasteiger partial charge in [-0.3, -0.25) is 0 Å². The highest BCUT2D eigenvalue weighted by Crippen LogP contribution is 2.35. The van der Waals surface area contributed by atoms with E-state index >= 15 is 0 Å². The highest BCUT2D eigenvalue weighted by atomic mass is 35.5. The predicted octanol–water partition coefficient (Wildman–Crippen LogP) is 7.23. The molecule has 29 heavy (non-hydrogen) atoms. The van der Waals surface area contributed by atoms with Gasteiger partial charge < -0.3 is 4.90 Å². The van der Waals surface area contributed by atoms with Crippen LogP contribution in [0.3, 0.4) is 0 Å². The molecule has 0 amide bonds. The Bertz CT molecular complexity index is 688. The lowest BCUT2D eigenvalue weighted by atomic mass is 9.83. The molecule has 0 aliphatic heterocycles. The monoisotopic (exact) mass is 411 g/mol. The Kier molecular flexibility index (Phi) is 9.08. The fraction of sp³-hybridized carbons (Fsp3) is 0.556. The third kappa shape index (κ3) is 7.15. The van der Waals surface area contributed by atoms with Crippen molar-refractivity contribution in [3.05, 3.63) is 71.3 Å². The molecule has 1 unspecified atom stereocenters. The second-order valence-corrected chi connectivity index (χ2v) is 9.47. The molecule has 0 saturated heterocycles. The van der Waals surface area contributed by atoms with Crippen LogP contribution in [0.2, 0.25) is 0 Å². The molecule has 3 rings (SSSR count). The standard InChI is InChI=1S/C27H38ClN/c1-3-20-29(21-19-23-7-5-4-6-8-23)22(2)9-10-24-11-13-25(14-12-24)26-15-17-27(28)18-16-26/h4-8,11-14,22,26-27H,3,9-10,15-21H2,1-2H3. The van der Waals surface area contributed by atoms with Gasteiger partial charge in [-0.05, 0) is 87.4 Å². The summed E-state index contributed by atoms with van der Waals surface area (Å²) in [7, 11) is 0. The Balaban J connectivity index is 1.47. The molecule has 1 saturated carbocycles. The van der Waals surface area contributed by atoms with Gasteiger partial charge in [0.2, 0.25) is 0 Å². The molecule has 0 spiro atoms. The normalized spacial score (nSPS) is 20.7. The summed E-state index contributed by atoms with van der Waals surface area (Å²) < 4.78 is 0. The third-order valence-electron chi connectivity index (χ3n) is 6.62. The minimum absolute atomic E-state index is 0.403. The third-order valence-corrected chi connectivity index (χ3v) is 7.06. The lowest BCUT2D eigenvalue weighted by Gasteiger charge is -2.29. The van der Waals surface area contributed by atoms with E-state index in [1.807, 2.05) is 0 Å². The summed E-state index contributed by atoms with van der Waals surface area (Å²) in [6.07, 6.45) is 9.59. The summed E-state index contributed by atoms with van der Waals surface area (Å²) in [4.78, 5) is 2.67. The second-order valence-electron chi connectivity index (χ2n) is 8.85. The van der Waals surface area contributed by atoms with Crippen molar-refractivity contribution >= 4 is 11.6 Å². The van der Waals surface area contributed by atoms with Crippen LogP contribution in [0.1, 0.15) is 75.0 Å². The van der Waals surface area contributed by atoms with Gasteiger partial charge in [0, 0.05) is 18.0 Å². The summed E-state index contributed by atoms with van der Waals surface area (Å²) in [6.45, 7) is 7.04. The summed E-state index contributed by atoms with van der Waals surface area (Å²) in [5, 5.41) is 0.403. The fourth-order valence-corrected chi connectivity index (χ4v) is 4.91. The molecule has 2 aromatic rings. The molecule has 1 aliphatic carbocycles. The average molecular weight is 412 g/mol. The van der Waals surface area contributed by atoms with E-state index in [-0.39, 0.29) is 0 Å². The van der Waals surface area contributed by atoms with Gasteiger partial charge in [-0.1, -0.05) is 61.5 Å². The van der Waals surface area contributed by atoms with Crippen LogP contribution in [0.15, 0.2) is 54.6 Å². The molecular formula is C27H38ClN. The molecule has 0 aromatic heterocycles. The van der Waals surface area contributed by atoms with Crippen LogP contribution < -0.4 is 0 Å². The average Bonchev–Trinajstić information content (AvgIpc) is 2.76. The maximum absolute atomic E-state index is 6.27. The number of hydrogen-bond acceptors (Lipinski definition) is 1. The highest BCUT2D eigenvalue weighted by molar-refractivity contribution is 6.20. The van der Waals surface area contributed by atoms with E-state index in [1.165, 1.54) is 68.2 Å². The first-order valence-corrected chi connectivity index (χ1v) is 12.1. The van der Waals surface area contributed by atoms with Crippen LogP contribution in [-0.4, -0.2) is 29.4 Å². The van der Waals surface area contributed by atoms with Gasteiger partial charge in [0.25, 0.3) is 0 Å². The molecule has 0 radical (unpaired) electrons. The number of rotatable bonds is 10. The van der Waals surface area contributed by atoms with Crippen LogP contribution in [0.5, 0.6) is 0 Å². The zero-order valence-corrected chi connectivity index (χ0v) is 19.1. The van der Waals surface area contributed by atoms with Crippen LogP contribution in [-0.2, 0) is 12.8 Å². The van der Waals surface area contributed by atoms with Crippen molar-refractivity contribution in [2.75, 3.05) is 13.1 Å². The summed E-state index contributed by atoms with van der Waals surface area (Å²) in [6, 6.07) is 21.0. The van der Waals surface area contributed by atoms with Crippen LogP contribution in [0, 0.1) is 0 Å². The summed E-state index contributed by atoms with van der Waals surface area (Å²) >= 11 is 6.27. The molecule has 2 aromatic carbocycles. The second kappa shape index (κ2) is 11.8. The van der Waals surface area contributed by atoms with Gasteiger partial charge in [-0.25, -0.2) is 0 Å². The molecule has 1 fully saturated rings. The van der Waals surface area contributed by atoms with E-state index in [9.17, 15) is 0 Å². The number of nitrogens with zero attached hydrogens (tertiary/aromatic N) is 1. The lowest BCUT2D eigenvalue weighted by Crippen LogP contribution is -2.35. The van der Waals surface area contributed by atoms with Gasteiger partial charge in [0.05, 0.1) is 0 Å². The Hall–Kier alpha value is -1.31. The quantitative estimate of drug-likeness (QED) is 0.373. The Morgan fingerprint density at radius 1 is 0.862 bits per heavy atom. The summed E-state index contributed by atoms with van der Waals surface area (Å²) in [5.74, 6) is 0.719. The van der Waals surface area contributed by atoms with Crippen molar-refractivity contribution in [1.29, 1.82) is 0 Å². The molecule has 0 heterocycles. The maximum atomic E-state index is 6.27. The van der Waals surface area contributed by atoms with Crippen LogP contribution in [0.4, 0.5) is 0 Å². The van der Waals surface area contributed by atoms with E-state index in [1.54, 1.807) is 0 Å². The van der Waals surface area contributed by atoms with E-state index in [4.69, 9.17) is 11.6 Å². The molecule has 1 atom stereocenters. The zero-order valence-electron chi connectivity index (χ0n) is 18.3. The van der Waals surface area contributed by atoms with E-state index in [0.29, 0.717) is 11.4 Å². The fourth-order valence-electron chi connectivity index (χ4n) is 4.66. The van der Waals surface area contributed by atoms with Crippen molar-refractivity contribution in [3.8, 4) is 0 Å². The van der Waals surface area contributed by atoms with Gasteiger partial charge >= 0.3 is 0 Å². The van der Waals surface area contributed by atoms with E-state index in [0.717, 1.165) is 18.9 Å². The minimum atomic E-state index is 0.403. The minimum Gasteiger partial charge on any atom is -0.300 e.